The normalized spacial score (nSPS) is 15.2. The first-order valence-electron chi connectivity index (χ1n) is 5.71. The zero-order valence-electron chi connectivity index (χ0n) is 10.2. The topological polar surface area (TPSA) is 29.5 Å². The predicted molar refractivity (Wildman–Crippen MR) is 62.7 cm³/mol. The van der Waals surface area contributed by atoms with Crippen LogP contribution in [0.1, 0.15) is 11.1 Å². The molecule has 0 aromatic heterocycles. The minimum atomic E-state index is -4.01. The van der Waals surface area contributed by atoms with Gasteiger partial charge in [0.25, 0.3) is 0 Å². The molecule has 6 heteroatoms. The Balaban J connectivity index is 2.40. The molecule has 0 bridgehead atoms. The third-order valence-corrected chi connectivity index (χ3v) is 3.22. The summed E-state index contributed by atoms with van der Waals surface area (Å²) < 4.78 is 59.8. The van der Waals surface area contributed by atoms with Gasteiger partial charge in [-0.1, -0.05) is 12.1 Å². The third-order valence-electron chi connectivity index (χ3n) is 3.22. The van der Waals surface area contributed by atoms with Crippen LogP contribution >= 0.6 is 0 Å². The number of hydrogen-bond donors (Lipinski definition) is 1. The van der Waals surface area contributed by atoms with Gasteiger partial charge < -0.3 is 9.84 Å². The number of phenols is 1. The van der Waals surface area contributed by atoms with E-state index in [1.54, 1.807) is 0 Å². The van der Waals surface area contributed by atoms with Crippen molar-refractivity contribution in [1.82, 2.24) is 0 Å². The zero-order chi connectivity index (χ0) is 14.7. The first-order chi connectivity index (χ1) is 9.33. The summed E-state index contributed by atoms with van der Waals surface area (Å²) in [6.07, 6.45) is -4.01. The maximum atomic E-state index is 13.9. The molecule has 20 heavy (non-hydrogen) atoms. The Morgan fingerprint density at radius 1 is 1.00 bits per heavy atom. The summed E-state index contributed by atoms with van der Waals surface area (Å²) in [4.78, 5) is 0. The molecule has 0 radical (unpaired) electrons. The molecule has 0 fully saturated rings. The van der Waals surface area contributed by atoms with Crippen molar-refractivity contribution in [3.05, 3.63) is 47.0 Å². The number of hydrogen-bond acceptors (Lipinski definition) is 2. The summed E-state index contributed by atoms with van der Waals surface area (Å²) in [5.74, 6) is -3.98. The van der Waals surface area contributed by atoms with Crippen molar-refractivity contribution >= 4 is 0 Å². The van der Waals surface area contributed by atoms with Crippen LogP contribution in [0, 0.1) is 18.6 Å². The second-order valence-corrected chi connectivity index (χ2v) is 4.51. The molecule has 104 valence electrons. The molecule has 0 atom stereocenters. The molecule has 0 unspecified atom stereocenters. The number of phenolic OH excluding ortho intramolecular Hbond substituents is 1. The number of benzene rings is 2. The van der Waals surface area contributed by atoms with Crippen molar-refractivity contribution in [2.45, 2.75) is 13.0 Å². The molecule has 2 aromatic rings. The van der Waals surface area contributed by atoms with Gasteiger partial charge in [-0.2, -0.15) is 13.2 Å². The molecule has 1 aliphatic heterocycles. The van der Waals surface area contributed by atoms with Gasteiger partial charge in [-0.25, -0.2) is 4.39 Å². The highest BCUT2D eigenvalue weighted by Crippen LogP contribution is 2.50. The minimum absolute atomic E-state index is 0.0277. The lowest BCUT2D eigenvalue weighted by molar-refractivity contribution is -0.190. The Hall–Kier alpha value is -2.24. The van der Waals surface area contributed by atoms with Gasteiger partial charge in [0.05, 0.1) is 0 Å². The van der Waals surface area contributed by atoms with Gasteiger partial charge in [-0.15, -0.1) is 0 Å². The minimum Gasteiger partial charge on any atom is -0.505 e. The largest absolute Gasteiger partial charge is 0.505 e. The molecule has 2 nitrogen and oxygen atoms in total. The molecular formula is C14H8F4O2. The number of halogens is 4. The van der Waals surface area contributed by atoms with Crippen LogP contribution in [-0.4, -0.2) is 5.11 Å². The molecule has 0 saturated heterocycles. The van der Waals surface area contributed by atoms with Crippen LogP contribution in [-0.2, 0) is 6.11 Å². The van der Waals surface area contributed by atoms with E-state index >= 15 is 0 Å². The Bertz CT molecular complexity index is 726. The van der Waals surface area contributed by atoms with Crippen LogP contribution in [0.5, 0.6) is 11.5 Å². The fourth-order valence-electron chi connectivity index (χ4n) is 2.23. The van der Waals surface area contributed by atoms with E-state index in [1.165, 1.54) is 25.1 Å². The number of aromatic hydroxyl groups is 1. The highest BCUT2D eigenvalue weighted by Gasteiger charge is 2.46. The number of aryl methyl sites for hydroxylation is 1. The van der Waals surface area contributed by atoms with Gasteiger partial charge in [0.2, 0.25) is 5.82 Å². The van der Waals surface area contributed by atoms with Gasteiger partial charge in [-0.3, -0.25) is 0 Å². The molecule has 1 heterocycles. The van der Waals surface area contributed by atoms with E-state index in [-0.39, 0.29) is 16.7 Å². The molecule has 0 aliphatic carbocycles. The summed E-state index contributed by atoms with van der Waals surface area (Å²) in [6, 6.07) is 4.81. The Morgan fingerprint density at radius 2 is 1.65 bits per heavy atom. The first-order valence-corrected chi connectivity index (χ1v) is 5.71. The number of rotatable bonds is 0. The molecule has 2 aromatic carbocycles. The van der Waals surface area contributed by atoms with E-state index in [9.17, 15) is 22.7 Å². The van der Waals surface area contributed by atoms with Gasteiger partial charge in [0, 0.05) is 11.1 Å². The standard InChI is InChI=1S/C14H8F4O2/c1-6-2-3-7-8-4-5-9(19)12(16)13(8)20-14(17,18)10(7)11(6)15/h2-5,19H,1H3. The zero-order valence-corrected chi connectivity index (χ0v) is 10.2. The lowest BCUT2D eigenvalue weighted by atomic mass is 9.93. The van der Waals surface area contributed by atoms with Gasteiger partial charge in [-0.05, 0) is 24.6 Å². The first kappa shape index (κ1) is 12.8. The Kier molecular flexibility index (Phi) is 2.48. The summed E-state index contributed by atoms with van der Waals surface area (Å²) in [6.45, 7) is 1.35. The molecule has 0 spiro atoms. The predicted octanol–water partition coefficient (Wildman–Crippen LogP) is 4.09. The lowest BCUT2D eigenvalue weighted by Gasteiger charge is -2.28. The van der Waals surface area contributed by atoms with Crippen molar-refractivity contribution in [3.8, 4) is 22.6 Å². The second-order valence-electron chi connectivity index (χ2n) is 4.51. The summed E-state index contributed by atoms with van der Waals surface area (Å²) >= 11 is 0. The number of ether oxygens (including phenoxy) is 1. The van der Waals surface area contributed by atoms with Crippen molar-refractivity contribution in [3.63, 3.8) is 0 Å². The van der Waals surface area contributed by atoms with Crippen molar-refractivity contribution in [1.29, 1.82) is 0 Å². The van der Waals surface area contributed by atoms with E-state index in [2.05, 4.69) is 4.74 Å². The van der Waals surface area contributed by atoms with Crippen LogP contribution in [0.3, 0.4) is 0 Å². The Morgan fingerprint density at radius 3 is 2.35 bits per heavy atom. The quantitative estimate of drug-likeness (QED) is 0.738. The molecular weight excluding hydrogens is 276 g/mol. The SMILES string of the molecule is Cc1ccc2c(c1F)C(F)(F)Oc1c-2ccc(O)c1F. The van der Waals surface area contributed by atoms with Gasteiger partial charge >= 0.3 is 6.11 Å². The van der Waals surface area contributed by atoms with E-state index in [0.29, 0.717) is 0 Å². The van der Waals surface area contributed by atoms with Gasteiger partial charge in [0.1, 0.15) is 11.4 Å². The monoisotopic (exact) mass is 284 g/mol. The van der Waals surface area contributed by atoms with Crippen LogP contribution in [0.4, 0.5) is 17.6 Å². The molecule has 1 N–H and O–H groups in total. The summed E-state index contributed by atoms with van der Waals surface area (Å²) in [7, 11) is 0. The molecule has 0 amide bonds. The summed E-state index contributed by atoms with van der Waals surface area (Å²) in [5, 5.41) is 9.22. The fourth-order valence-corrected chi connectivity index (χ4v) is 2.23. The maximum absolute atomic E-state index is 13.9. The third kappa shape index (κ3) is 1.57. The molecule has 0 saturated carbocycles. The smallest absolute Gasteiger partial charge is 0.430 e. The lowest BCUT2D eigenvalue weighted by Crippen LogP contribution is -2.28. The molecule has 1 aliphatic rings. The van der Waals surface area contributed by atoms with E-state index in [0.717, 1.165) is 6.07 Å². The maximum Gasteiger partial charge on any atom is 0.430 e. The average Bonchev–Trinajstić information content (AvgIpc) is 2.38. The number of alkyl halides is 2. The molecule has 3 rings (SSSR count). The van der Waals surface area contributed by atoms with Crippen molar-refractivity contribution in [2.24, 2.45) is 0 Å². The van der Waals surface area contributed by atoms with Crippen molar-refractivity contribution in [2.75, 3.05) is 0 Å². The van der Waals surface area contributed by atoms with E-state index in [4.69, 9.17) is 0 Å². The summed E-state index contributed by atoms with van der Waals surface area (Å²) in [5.41, 5.74) is -1.07. The van der Waals surface area contributed by atoms with Crippen molar-refractivity contribution < 1.29 is 27.4 Å². The van der Waals surface area contributed by atoms with Crippen LogP contribution in [0.15, 0.2) is 24.3 Å². The van der Waals surface area contributed by atoms with Crippen LogP contribution in [0.2, 0.25) is 0 Å². The van der Waals surface area contributed by atoms with E-state index in [1.807, 2.05) is 0 Å². The number of fused-ring (bicyclic) bond motifs is 3. The van der Waals surface area contributed by atoms with Gasteiger partial charge in [0.15, 0.2) is 11.5 Å². The fraction of sp³-hybridized carbons (Fsp3) is 0.143. The average molecular weight is 284 g/mol. The highest BCUT2D eigenvalue weighted by atomic mass is 19.3. The van der Waals surface area contributed by atoms with Crippen LogP contribution < -0.4 is 4.74 Å². The second kappa shape index (κ2) is 3.88. The highest BCUT2D eigenvalue weighted by molar-refractivity contribution is 5.77. The Labute approximate surface area is 111 Å². The van der Waals surface area contributed by atoms with E-state index < -0.39 is 34.8 Å². The van der Waals surface area contributed by atoms with Crippen LogP contribution in [0.25, 0.3) is 11.1 Å².